The Kier molecular flexibility index (Phi) is 3.88. The highest BCUT2D eigenvalue weighted by Crippen LogP contribution is 2.50. The largest absolute Gasteiger partial charge is 0.468 e. The third-order valence-electron chi connectivity index (χ3n) is 5.34. The number of imide groups is 1. The molecule has 4 atom stereocenters. The fourth-order valence-electron chi connectivity index (χ4n) is 4.12. The highest BCUT2D eigenvalue weighted by atomic mass is 19.1. The second kappa shape index (κ2) is 6.02. The quantitative estimate of drug-likeness (QED) is 0.653. The van der Waals surface area contributed by atoms with Crippen LogP contribution in [0, 0.1) is 17.7 Å². The molecule has 27 heavy (non-hydrogen) atoms. The molecule has 7 nitrogen and oxygen atoms in total. The van der Waals surface area contributed by atoms with Crippen LogP contribution in [-0.4, -0.2) is 30.4 Å². The third kappa shape index (κ3) is 2.33. The normalized spacial score (nSPS) is 29.9. The van der Waals surface area contributed by atoms with Gasteiger partial charge in [-0.25, -0.2) is 9.29 Å². The minimum Gasteiger partial charge on any atom is -0.468 e. The molecule has 0 spiro atoms. The van der Waals surface area contributed by atoms with E-state index in [-0.39, 0.29) is 5.69 Å². The molecule has 0 aliphatic carbocycles. The van der Waals surface area contributed by atoms with E-state index in [9.17, 15) is 18.8 Å². The summed E-state index contributed by atoms with van der Waals surface area (Å²) in [5, 5.41) is 3.04. The lowest BCUT2D eigenvalue weighted by Crippen LogP contribution is -2.54. The van der Waals surface area contributed by atoms with Crippen molar-refractivity contribution in [1.29, 1.82) is 0 Å². The summed E-state index contributed by atoms with van der Waals surface area (Å²) in [5.41, 5.74) is -1.59. The minimum atomic E-state index is -1.45. The van der Waals surface area contributed by atoms with E-state index in [2.05, 4.69) is 5.32 Å². The molecule has 2 aromatic rings. The Balaban J connectivity index is 1.84. The van der Waals surface area contributed by atoms with Crippen molar-refractivity contribution in [3.63, 3.8) is 0 Å². The van der Waals surface area contributed by atoms with Gasteiger partial charge in [0, 0.05) is 0 Å². The molecule has 140 valence electrons. The molecule has 2 saturated heterocycles. The van der Waals surface area contributed by atoms with Crippen molar-refractivity contribution in [3.05, 3.63) is 54.2 Å². The van der Waals surface area contributed by atoms with Crippen LogP contribution < -0.4 is 10.2 Å². The van der Waals surface area contributed by atoms with Crippen LogP contribution in [0.1, 0.15) is 18.7 Å². The number of halogens is 1. The van der Waals surface area contributed by atoms with Crippen molar-refractivity contribution in [2.24, 2.45) is 11.8 Å². The van der Waals surface area contributed by atoms with Crippen molar-refractivity contribution < 1.29 is 27.9 Å². The van der Waals surface area contributed by atoms with E-state index < -0.39 is 47.0 Å². The number of furan rings is 1. The SMILES string of the molecule is COC(=O)C1(C)NC(c2ccco2)C2C(=O)N(c3ccccc3F)C(=O)C21. The van der Waals surface area contributed by atoms with Crippen molar-refractivity contribution >= 4 is 23.5 Å². The molecule has 0 bridgehead atoms. The van der Waals surface area contributed by atoms with Crippen LogP contribution >= 0.6 is 0 Å². The molecular weight excluding hydrogens is 355 g/mol. The van der Waals surface area contributed by atoms with Gasteiger partial charge in [0.05, 0.1) is 36.9 Å². The van der Waals surface area contributed by atoms with E-state index in [4.69, 9.17) is 9.15 Å². The van der Waals surface area contributed by atoms with Crippen molar-refractivity contribution in [3.8, 4) is 0 Å². The van der Waals surface area contributed by atoms with Gasteiger partial charge in [-0.05, 0) is 31.2 Å². The van der Waals surface area contributed by atoms with E-state index >= 15 is 0 Å². The number of fused-ring (bicyclic) bond motifs is 1. The predicted octanol–water partition coefficient (Wildman–Crippen LogP) is 1.80. The predicted molar refractivity (Wildman–Crippen MR) is 90.9 cm³/mol. The first-order valence-corrected chi connectivity index (χ1v) is 8.42. The van der Waals surface area contributed by atoms with E-state index in [1.165, 1.54) is 44.6 Å². The zero-order chi connectivity index (χ0) is 19.3. The van der Waals surface area contributed by atoms with Gasteiger partial charge in [0.1, 0.15) is 17.1 Å². The number of nitrogens with one attached hydrogen (secondary N) is 1. The van der Waals surface area contributed by atoms with E-state index in [0.29, 0.717) is 5.76 Å². The van der Waals surface area contributed by atoms with Crippen LogP contribution in [0.15, 0.2) is 47.1 Å². The molecule has 4 rings (SSSR count). The summed E-state index contributed by atoms with van der Waals surface area (Å²) in [6.07, 6.45) is 1.44. The summed E-state index contributed by atoms with van der Waals surface area (Å²) < 4.78 is 24.6. The first kappa shape index (κ1) is 17.4. The fraction of sp³-hybridized carbons (Fsp3) is 0.316. The summed E-state index contributed by atoms with van der Waals surface area (Å²) in [6, 6.07) is 8.12. The number of nitrogens with zero attached hydrogens (tertiary/aromatic N) is 1. The fourth-order valence-corrected chi connectivity index (χ4v) is 4.12. The average molecular weight is 372 g/mol. The second-order valence-electron chi connectivity index (χ2n) is 6.80. The lowest BCUT2D eigenvalue weighted by atomic mass is 9.81. The Bertz CT molecular complexity index is 928. The third-order valence-corrected chi connectivity index (χ3v) is 5.34. The maximum atomic E-state index is 14.3. The van der Waals surface area contributed by atoms with Crippen molar-refractivity contribution in [2.75, 3.05) is 12.0 Å². The molecule has 2 fully saturated rings. The number of ether oxygens (including phenoxy) is 1. The molecule has 1 aromatic heterocycles. The number of hydrogen-bond donors (Lipinski definition) is 1. The van der Waals surface area contributed by atoms with Crippen LogP contribution in [0.2, 0.25) is 0 Å². The summed E-state index contributed by atoms with van der Waals surface area (Å²) in [4.78, 5) is 39.6. The highest BCUT2D eigenvalue weighted by molar-refractivity contribution is 6.24. The number of carbonyl (C=O) groups is 3. The van der Waals surface area contributed by atoms with Crippen LogP contribution in [0.3, 0.4) is 0 Å². The lowest BCUT2D eigenvalue weighted by molar-refractivity contribution is -0.151. The molecule has 2 amide bonds. The van der Waals surface area contributed by atoms with E-state index in [1.54, 1.807) is 12.1 Å². The molecular formula is C19H17FN2O5. The van der Waals surface area contributed by atoms with Crippen molar-refractivity contribution in [2.45, 2.75) is 18.5 Å². The van der Waals surface area contributed by atoms with Crippen LogP contribution in [0.25, 0.3) is 0 Å². The van der Waals surface area contributed by atoms with E-state index in [0.717, 1.165) is 4.90 Å². The Morgan fingerprint density at radius 3 is 2.59 bits per heavy atom. The highest BCUT2D eigenvalue weighted by Gasteiger charge is 2.67. The Morgan fingerprint density at radius 1 is 1.22 bits per heavy atom. The molecule has 2 aliphatic rings. The van der Waals surface area contributed by atoms with Gasteiger partial charge in [0.2, 0.25) is 11.8 Å². The molecule has 1 N–H and O–H groups in total. The zero-order valence-corrected chi connectivity index (χ0v) is 14.6. The number of methoxy groups -OCH3 is 1. The summed E-state index contributed by atoms with van der Waals surface area (Å²) in [7, 11) is 1.21. The van der Waals surface area contributed by atoms with Crippen LogP contribution in [-0.2, 0) is 19.1 Å². The number of benzene rings is 1. The monoisotopic (exact) mass is 372 g/mol. The molecule has 0 saturated carbocycles. The van der Waals surface area contributed by atoms with Crippen molar-refractivity contribution in [1.82, 2.24) is 5.32 Å². The van der Waals surface area contributed by atoms with Gasteiger partial charge in [-0.15, -0.1) is 0 Å². The maximum absolute atomic E-state index is 14.3. The number of amides is 2. The van der Waals surface area contributed by atoms with Gasteiger partial charge in [0.25, 0.3) is 0 Å². The number of hydrogen-bond acceptors (Lipinski definition) is 6. The topological polar surface area (TPSA) is 88.8 Å². The summed E-state index contributed by atoms with van der Waals surface area (Å²) >= 11 is 0. The number of esters is 1. The van der Waals surface area contributed by atoms with Gasteiger partial charge >= 0.3 is 5.97 Å². The molecule has 3 heterocycles. The van der Waals surface area contributed by atoms with Gasteiger partial charge in [-0.2, -0.15) is 0 Å². The van der Waals surface area contributed by atoms with Gasteiger partial charge in [0.15, 0.2) is 0 Å². The Hall–Kier alpha value is -3.00. The van der Waals surface area contributed by atoms with Gasteiger partial charge < -0.3 is 9.15 Å². The number of anilines is 1. The molecule has 0 radical (unpaired) electrons. The number of rotatable bonds is 3. The van der Waals surface area contributed by atoms with Crippen LogP contribution in [0.4, 0.5) is 10.1 Å². The molecule has 8 heteroatoms. The Morgan fingerprint density at radius 2 is 1.96 bits per heavy atom. The first-order valence-electron chi connectivity index (χ1n) is 8.42. The zero-order valence-electron chi connectivity index (χ0n) is 14.6. The molecule has 4 unspecified atom stereocenters. The number of carbonyl (C=O) groups excluding carboxylic acids is 3. The van der Waals surface area contributed by atoms with Crippen LogP contribution in [0.5, 0.6) is 0 Å². The molecule has 2 aliphatic heterocycles. The van der Waals surface area contributed by atoms with Gasteiger partial charge in [-0.1, -0.05) is 12.1 Å². The minimum absolute atomic E-state index is 0.132. The summed E-state index contributed by atoms with van der Waals surface area (Å²) in [5.74, 6) is -4.17. The average Bonchev–Trinajstić information content (AvgIpc) is 3.34. The first-order chi connectivity index (χ1) is 12.9. The second-order valence-corrected chi connectivity index (χ2v) is 6.80. The molecule has 1 aromatic carbocycles. The van der Waals surface area contributed by atoms with E-state index in [1.807, 2.05) is 0 Å². The summed E-state index contributed by atoms with van der Waals surface area (Å²) in [6.45, 7) is 1.51. The Labute approximate surface area is 154 Å². The standard InChI is InChI=1S/C19H17FN2O5/c1-19(18(25)26-2)14-13(15(21-19)12-8-5-9-27-12)16(23)22(17(14)24)11-7-4-3-6-10(11)20/h3-9,13-15,21H,1-2H3. The lowest BCUT2D eigenvalue weighted by Gasteiger charge is -2.28. The smallest absolute Gasteiger partial charge is 0.326 e. The van der Waals surface area contributed by atoms with Gasteiger partial charge in [-0.3, -0.25) is 19.7 Å². The number of para-hydroxylation sites is 1. The maximum Gasteiger partial charge on any atom is 0.326 e.